The molecule has 7 heteroatoms. The fourth-order valence-electron chi connectivity index (χ4n) is 1.80. The lowest BCUT2D eigenvalue weighted by atomic mass is 10.2. The van der Waals surface area contributed by atoms with E-state index < -0.39 is 0 Å². The number of nitrogens with zero attached hydrogens (tertiary/aromatic N) is 4. The molecule has 2 aromatic heterocycles. The number of benzene rings is 1. The summed E-state index contributed by atoms with van der Waals surface area (Å²) in [6.07, 6.45) is 3.00. The summed E-state index contributed by atoms with van der Waals surface area (Å²) in [4.78, 5) is 20.4. The summed E-state index contributed by atoms with van der Waals surface area (Å²) in [5, 5.41) is 7.37. The van der Waals surface area contributed by atoms with Crippen LogP contribution in [0.3, 0.4) is 0 Å². The highest BCUT2D eigenvalue weighted by Crippen LogP contribution is 2.15. The summed E-state index contributed by atoms with van der Waals surface area (Å²) < 4.78 is 1.46. The van der Waals surface area contributed by atoms with Crippen LogP contribution in [0.15, 0.2) is 36.8 Å². The lowest BCUT2D eigenvalue weighted by molar-refractivity contribution is 0.102. The highest BCUT2D eigenvalue weighted by atomic mass is 35.5. The van der Waals surface area contributed by atoms with Gasteiger partial charge < -0.3 is 5.32 Å². The van der Waals surface area contributed by atoms with Crippen LogP contribution in [0.1, 0.15) is 16.1 Å². The molecule has 0 aliphatic heterocycles. The summed E-state index contributed by atoms with van der Waals surface area (Å²) in [6.45, 7) is 1.76. The number of rotatable bonds is 2. The van der Waals surface area contributed by atoms with E-state index in [9.17, 15) is 4.79 Å². The molecule has 1 amide bonds. The third kappa shape index (κ3) is 2.33. The minimum Gasteiger partial charge on any atom is -0.322 e. The van der Waals surface area contributed by atoms with E-state index in [2.05, 4.69) is 20.4 Å². The molecule has 20 heavy (non-hydrogen) atoms. The second kappa shape index (κ2) is 4.90. The van der Waals surface area contributed by atoms with Crippen LogP contribution in [0.4, 0.5) is 5.69 Å². The first kappa shape index (κ1) is 12.6. The van der Waals surface area contributed by atoms with E-state index in [4.69, 9.17) is 11.6 Å². The van der Waals surface area contributed by atoms with Crippen molar-refractivity contribution in [1.82, 2.24) is 19.6 Å². The SMILES string of the molecule is Cc1nc2ncnn2cc1C(=O)Nc1ccc(Cl)cc1. The molecule has 1 N–H and O–H groups in total. The third-order valence-corrected chi connectivity index (χ3v) is 3.06. The highest BCUT2D eigenvalue weighted by molar-refractivity contribution is 6.30. The summed E-state index contributed by atoms with van der Waals surface area (Å²) in [5.41, 5.74) is 1.70. The Balaban J connectivity index is 1.91. The highest BCUT2D eigenvalue weighted by Gasteiger charge is 2.13. The van der Waals surface area contributed by atoms with Crippen molar-refractivity contribution in [3.63, 3.8) is 0 Å². The molecule has 0 saturated carbocycles. The van der Waals surface area contributed by atoms with Gasteiger partial charge in [-0.25, -0.2) is 9.50 Å². The van der Waals surface area contributed by atoms with Crippen LogP contribution in [-0.4, -0.2) is 25.5 Å². The largest absolute Gasteiger partial charge is 0.322 e. The van der Waals surface area contributed by atoms with Crippen molar-refractivity contribution in [2.75, 3.05) is 5.32 Å². The van der Waals surface area contributed by atoms with Gasteiger partial charge in [-0.15, -0.1) is 0 Å². The van der Waals surface area contributed by atoms with E-state index in [-0.39, 0.29) is 5.91 Å². The van der Waals surface area contributed by atoms with Crippen LogP contribution in [0.5, 0.6) is 0 Å². The van der Waals surface area contributed by atoms with Gasteiger partial charge in [-0.05, 0) is 31.2 Å². The van der Waals surface area contributed by atoms with Gasteiger partial charge in [0.15, 0.2) is 0 Å². The molecular weight excluding hydrogens is 278 g/mol. The first-order chi connectivity index (χ1) is 9.63. The van der Waals surface area contributed by atoms with E-state index in [0.29, 0.717) is 27.7 Å². The minimum atomic E-state index is -0.255. The van der Waals surface area contributed by atoms with Crippen LogP contribution < -0.4 is 5.32 Å². The number of nitrogens with one attached hydrogen (secondary N) is 1. The molecular formula is C13H10ClN5O. The maximum atomic E-state index is 12.2. The van der Waals surface area contributed by atoms with Gasteiger partial charge in [0.2, 0.25) is 0 Å². The number of anilines is 1. The van der Waals surface area contributed by atoms with Crippen molar-refractivity contribution in [2.24, 2.45) is 0 Å². The van der Waals surface area contributed by atoms with Crippen molar-refractivity contribution in [3.05, 3.63) is 53.1 Å². The lowest BCUT2D eigenvalue weighted by Gasteiger charge is -2.07. The van der Waals surface area contributed by atoms with Gasteiger partial charge in [0.05, 0.1) is 11.3 Å². The van der Waals surface area contributed by atoms with E-state index in [1.165, 1.54) is 10.8 Å². The van der Waals surface area contributed by atoms with Crippen LogP contribution in [0, 0.1) is 6.92 Å². The van der Waals surface area contributed by atoms with Gasteiger partial charge in [0.1, 0.15) is 6.33 Å². The molecule has 100 valence electrons. The summed E-state index contributed by atoms with van der Waals surface area (Å²) in [7, 11) is 0. The molecule has 0 bridgehead atoms. The van der Waals surface area contributed by atoms with E-state index in [1.807, 2.05) is 0 Å². The number of carbonyl (C=O) groups is 1. The first-order valence-corrected chi connectivity index (χ1v) is 6.25. The van der Waals surface area contributed by atoms with Crippen molar-refractivity contribution in [3.8, 4) is 0 Å². The van der Waals surface area contributed by atoms with Crippen molar-refractivity contribution >= 4 is 29.0 Å². The normalized spacial score (nSPS) is 10.7. The van der Waals surface area contributed by atoms with Gasteiger partial charge in [-0.2, -0.15) is 10.1 Å². The quantitative estimate of drug-likeness (QED) is 0.785. The predicted molar refractivity (Wildman–Crippen MR) is 74.9 cm³/mol. The molecule has 0 aliphatic carbocycles. The molecule has 1 aromatic carbocycles. The minimum absolute atomic E-state index is 0.255. The number of hydrogen-bond acceptors (Lipinski definition) is 4. The van der Waals surface area contributed by atoms with E-state index >= 15 is 0 Å². The molecule has 0 spiro atoms. The van der Waals surface area contributed by atoms with Gasteiger partial charge in [0, 0.05) is 16.9 Å². The van der Waals surface area contributed by atoms with E-state index in [1.54, 1.807) is 37.4 Å². The topological polar surface area (TPSA) is 72.2 Å². The molecule has 2 heterocycles. The molecule has 0 atom stereocenters. The molecule has 0 radical (unpaired) electrons. The van der Waals surface area contributed by atoms with Crippen LogP contribution in [0.25, 0.3) is 5.78 Å². The molecule has 0 fully saturated rings. The molecule has 0 saturated heterocycles. The Morgan fingerprint density at radius 2 is 2.05 bits per heavy atom. The van der Waals surface area contributed by atoms with E-state index in [0.717, 1.165) is 0 Å². The molecule has 3 rings (SSSR count). The lowest BCUT2D eigenvalue weighted by Crippen LogP contribution is -2.15. The van der Waals surface area contributed by atoms with Crippen molar-refractivity contribution in [2.45, 2.75) is 6.92 Å². The number of amides is 1. The standard InChI is InChI=1S/C13H10ClN5O/c1-8-11(6-19-13(17-8)15-7-16-19)12(20)18-10-4-2-9(14)3-5-10/h2-7H,1H3,(H,18,20). The van der Waals surface area contributed by atoms with Crippen molar-refractivity contribution < 1.29 is 4.79 Å². The molecule has 3 aromatic rings. The van der Waals surface area contributed by atoms with Crippen LogP contribution in [0.2, 0.25) is 5.02 Å². The number of aromatic nitrogens is 4. The summed E-state index contributed by atoms with van der Waals surface area (Å²) >= 11 is 5.80. The Hall–Kier alpha value is -2.47. The van der Waals surface area contributed by atoms with Crippen molar-refractivity contribution in [1.29, 1.82) is 0 Å². The summed E-state index contributed by atoms with van der Waals surface area (Å²) in [6, 6.07) is 6.89. The zero-order valence-corrected chi connectivity index (χ0v) is 11.3. The number of halogens is 1. The number of fused-ring (bicyclic) bond motifs is 1. The average molecular weight is 288 g/mol. The fourth-order valence-corrected chi connectivity index (χ4v) is 1.92. The average Bonchev–Trinajstić information content (AvgIpc) is 2.87. The molecule has 6 nitrogen and oxygen atoms in total. The number of carbonyl (C=O) groups excluding carboxylic acids is 1. The second-order valence-corrected chi connectivity index (χ2v) is 4.64. The Morgan fingerprint density at radius 3 is 2.80 bits per heavy atom. The van der Waals surface area contributed by atoms with Gasteiger partial charge in [-0.3, -0.25) is 4.79 Å². The first-order valence-electron chi connectivity index (χ1n) is 5.87. The third-order valence-electron chi connectivity index (χ3n) is 2.81. The predicted octanol–water partition coefficient (Wildman–Crippen LogP) is 2.34. The Morgan fingerprint density at radius 1 is 1.30 bits per heavy atom. The fraction of sp³-hybridized carbons (Fsp3) is 0.0769. The van der Waals surface area contributed by atoms with Crippen LogP contribution >= 0.6 is 11.6 Å². The van der Waals surface area contributed by atoms with Gasteiger partial charge in [0.25, 0.3) is 11.7 Å². The monoisotopic (exact) mass is 287 g/mol. The Bertz CT molecular complexity index is 781. The van der Waals surface area contributed by atoms with Gasteiger partial charge in [-0.1, -0.05) is 11.6 Å². The zero-order valence-electron chi connectivity index (χ0n) is 10.5. The maximum absolute atomic E-state index is 12.2. The second-order valence-electron chi connectivity index (χ2n) is 4.21. The number of aryl methyl sites for hydroxylation is 1. The van der Waals surface area contributed by atoms with Gasteiger partial charge >= 0.3 is 0 Å². The molecule has 0 unspecified atom stereocenters. The van der Waals surface area contributed by atoms with Crippen LogP contribution in [-0.2, 0) is 0 Å². The molecule has 0 aliphatic rings. The zero-order chi connectivity index (χ0) is 14.1. The smallest absolute Gasteiger partial charge is 0.259 e. The Labute approximate surface area is 119 Å². The maximum Gasteiger partial charge on any atom is 0.259 e. The number of hydrogen-bond donors (Lipinski definition) is 1. The Kier molecular flexibility index (Phi) is 3.08. The summed E-state index contributed by atoms with van der Waals surface area (Å²) in [5.74, 6) is 0.209.